The second-order valence-electron chi connectivity index (χ2n) is 5.46. The van der Waals surface area contributed by atoms with Gasteiger partial charge in [-0.05, 0) is 39.5 Å². The molecule has 0 aromatic rings. The molecule has 1 aliphatic rings. The number of carbonyl (C=O) groups excluding carboxylic acids is 2. The van der Waals surface area contributed by atoms with E-state index >= 15 is 0 Å². The van der Waals surface area contributed by atoms with Crippen LogP contribution in [0.5, 0.6) is 0 Å². The summed E-state index contributed by atoms with van der Waals surface area (Å²) in [6.07, 6.45) is 6.37. The van der Waals surface area contributed by atoms with E-state index in [1.54, 1.807) is 20.8 Å². The fourth-order valence-corrected chi connectivity index (χ4v) is 2.66. The molecule has 110 valence electrons. The van der Waals surface area contributed by atoms with Gasteiger partial charge in [0.2, 0.25) is 0 Å². The van der Waals surface area contributed by atoms with Crippen LogP contribution in [0.15, 0.2) is 0 Å². The van der Waals surface area contributed by atoms with Gasteiger partial charge in [-0.25, -0.2) is 0 Å². The summed E-state index contributed by atoms with van der Waals surface area (Å²) in [6.45, 7) is 5.73. The third-order valence-corrected chi connectivity index (χ3v) is 3.98. The van der Waals surface area contributed by atoms with Gasteiger partial charge in [-0.15, -0.1) is 0 Å². The number of hydrogen-bond acceptors (Lipinski definition) is 4. The summed E-state index contributed by atoms with van der Waals surface area (Å²) in [4.78, 5) is 24.1. The number of ether oxygens (including phenoxy) is 2. The predicted molar refractivity (Wildman–Crippen MR) is 72.6 cm³/mol. The molecule has 1 saturated carbocycles. The summed E-state index contributed by atoms with van der Waals surface area (Å²) in [5.41, 5.74) is -1.14. The zero-order valence-electron chi connectivity index (χ0n) is 12.4. The maximum atomic E-state index is 12.1. The van der Waals surface area contributed by atoms with Crippen molar-refractivity contribution >= 4 is 11.9 Å². The Hall–Kier alpha value is -1.06. The minimum absolute atomic E-state index is 0.289. The normalized spacial score (nSPS) is 16.4. The van der Waals surface area contributed by atoms with Crippen LogP contribution in [-0.4, -0.2) is 25.2 Å². The van der Waals surface area contributed by atoms with Crippen LogP contribution >= 0.6 is 0 Å². The topological polar surface area (TPSA) is 52.6 Å². The van der Waals surface area contributed by atoms with Crippen LogP contribution < -0.4 is 0 Å². The van der Waals surface area contributed by atoms with E-state index in [4.69, 9.17) is 9.47 Å². The van der Waals surface area contributed by atoms with E-state index in [1.165, 1.54) is 25.7 Å². The van der Waals surface area contributed by atoms with Crippen LogP contribution in [-0.2, 0) is 19.1 Å². The molecule has 0 aromatic carbocycles. The Morgan fingerprint density at radius 3 is 1.95 bits per heavy atom. The molecular weight excluding hydrogens is 244 g/mol. The molecule has 19 heavy (non-hydrogen) atoms. The van der Waals surface area contributed by atoms with Crippen LogP contribution in [0.2, 0.25) is 0 Å². The highest BCUT2D eigenvalue weighted by Crippen LogP contribution is 2.35. The largest absolute Gasteiger partial charge is 0.465 e. The molecule has 0 amide bonds. The first-order valence-electron chi connectivity index (χ1n) is 7.39. The molecule has 0 saturated heterocycles. The highest BCUT2D eigenvalue weighted by Gasteiger charge is 2.44. The van der Waals surface area contributed by atoms with E-state index in [0.717, 1.165) is 6.42 Å². The molecule has 0 radical (unpaired) electrons. The molecule has 0 bridgehead atoms. The zero-order chi connectivity index (χ0) is 14.3. The van der Waals surface area contributed by atoms with E-state index in [1.807, 2.05) is 0 Å². The third kappa shape index (κ3) is 4.22. The Kier molecular flexibility index (Phi) is 6.32. The molecule has 0 aliphatic heterocycles. The second kappa shape index (κ2) is 7.51. The molecule has 0 aromatic heterocycles. The molecule has 4 nitrogen and oxygen atoms in total. The minimum atomic E-state index is -1.14. The summed E-state index contributed by atoms with van der Waals surface area (Å²) in [5, 5.41) is 0. The van der Waals surface area contributed by atoms with E-state index in [0.29, 0.717) is 12.3 Å². The molecule has 1 aliphatic carbocycles. The predicted octanol–water partition coefficient (Wildman–Crippen LogP) is 3.09. The molecule has 1 fully saturated rings. The van der Waals surface area contributed by atoms with Crippen LogP contribution in [0.3, 0.4) is 0 Å². The second-order valence-corrected chi connectivity index (χ2v) is 5.46. The van der Waals surface area contributed by atoms with Gasteiger partial charge < -0.3 is 9.47 Å². The molecule has 1 rings (SSSR count). The van der Waals surface area contributed by atoms with Gasteiger partial charge in [0.25, 0.3) is 0 Å². The standard InChI is InChI=1S/C15H26O4/c1-4-18-13(16)15(3,14(17)19-5-2)11-10-12-8-6-7-9-12/h12H,4-11H2,1-3H3. The Bertz CT molecular complexity index is 287. The van der Waals surface area contributed by atoms with E-state index in [-0.39, 0.29) is 13.2 Å². The van der Waals surface area contributed by atoms with Crippen molar-refractivity contribution in [3.8, 4) is 0 Å². The number of rotatable bonds is 7. The first kappa shape index (κ1) is 16.0. The summed E-state index contributed by atoms with van der Waals surface area (Å²) in [5.74, 6) is -0.263. The molecule has 4 heteroatoms. The van der Waals surface area contributed by atoms with Crippen molar-refractivity contribution in [2.24, 2.45) is 11.3 Å². The van der Waals surface area contributed by atoms with Gasteiger partial charge in [0, 0.05) is 0 Å². The maximum absolute atomic E-state index is 12.1. The van der Waals surface area contributed by atoms with Crippen LogP contribution in [0.1, 0.15) is 59.3 Å². The van der Waals surface area contributed by atoms with Gasteiger partial charge in [0.05, 0.1) is 13.2 Å². The number of esters is 2. The van der Waals surface area contributed by atoms with Crippen molar-refractivity contribution in [1.29, 1.82) is 0 Å². The zero-order valence-corrected chi connectivity index (χ0v) is 12.4. The third-order valence-electron chi connectivity index (χ3n) is 3.98. The molecule has 0 unspecified atom stereocenters. The molecular formula is C15H26O4. The van der Waals surface area contributed by atoms with Gasteiger partial charge >= 0.3 is 11.9 Å². The van der Waals surface area contributed by atoms with Crippen LogP contribution in [0.4, 0.5) is 0 Å². The summed E-state index contributed by atoms with van der Waals surface area (Å²) >= 11 is 0. The van der Waals surface area contributed by atoms with Gasteiger partial charge in [-0.2, -0.15) is 0 Å². The van der Waals surface area contributed by atoms with Crippen LogP contribution in [0, 0.1) is 11.3 Å². The van der Waals surface area contributed by atoms with E-state index in [2.05, 4.69) is 0 Å². The first-order chi connectivity index (χ1) is 9.04. The lowest BCUT2D eigenvalue weighted by Crippen LogP contribution is -2.39. The van der Waals surface area contributed by atoms with Gasteiger partial charge in [-0.1, -0.05) is 25.7 Å². The average molecular weight is 270 g/mol. The molecule has 0 heterocycles. The Labute approximate surface area is 115 Å². The molecule has 0 atom stereocenters. The maximum Gasteiger partial charge on any atom is 0.323 e. The van der Waals surface area contributed by atoms with Crippen molar-refractivity contribution in [3.05, 3.63) is 0 Å². The Balaban J connectivity index is 2.66. The van der Waals surface area contributed by atoms with E-state index < -0.39 is 17.4 Å². The quantitative estimate of drug-likeness (QED) is 0.527. The summed E-state index contributed by atoms with van der Waals surface area (Å²) < 4.78 is 10.1. The molecule has 0 N–H and O–H groups in total. The van der Waals surface area contributed by atoms with Gasteiger partial charge in [0.1, 0.15) is 0 Å². The number of hydrogen-bond donors (Lipinski definition) is 0. The van der Waals surface area contributed by atoms with Crippen molar-refractivity contribution < 1.29 is 19.1 Å². The Morgan fingerprint density at radius 2 is 1.53 bits per heavy atom. The SMILES string of the molecule is CCOC(=O)C(C)(CCC1CCCC1)C(=O)OCC. The lowest BCUT2D eigenvalue weighted by molar-refractivity contribution is -0.171. The fourth-order valence-electron chi connectivity index (χ4n) is 2.66. The Morgan fingerprint density at radius 1 is 1.05 bits per heavy atom. The van der Waals surface area contributed by atoms with Crippen molar-refractivity contribution in [2.45, 2.75) is 59.3 Å². The average Bonchev–Trinajstić information content (AvgIpc) is 2.89. The summed E-state index contributed by atoms with van der Waals surface area (Å²) in [6, 6.07) is 0. The smallest absolute Gasteiger partial charge is 0.323 e. The number of carbonyl (C=O) groups is 2. The van der Waals surface area contributed by atoms with Crippen molar-refractivity contribution in [2.75, 3.05) is 13.2 Å². The molecule has 0 spiro atoms. The fraction of sp³-hybridized carbons (Fsp3) is 0.867. The monoisotopic (exact) mass is 270 g/mol. The minimum Gasteiger partial charge on any atom is -0.465 e. The highest BCUT2D eigenvalue weighted by molar-refractivity contribution is 5.99. The first-order valence-corrected chi connectivity index (χ1v) is 7.39. The van der Waals surface area contributed by atoms with E-state index in [9.17, 15) is 9.59 Å². The van der Waals surface area contributed by atoms with Crippen molar-refractivity contribution in [3.63, 3.8) is 0 Å². The highest BCUT2D eigenvalue weighted by atomic mass is 16.6. The summed E-state index contributed by atoms with van der Waals surface area (Å²) in [7, 11) is 0. The lowest BCUT2D eigenvalue weighted by atomic mass is 9.82. The van der Waals surface area contributed by atoms with Crippen molar-refractivity contribution in [1.82, 2.24) is 0 Å². The lowest BCUT2D eigenvalue weighted by Gasteiger charge is -2.26. The van der Waals surface area contributed by atoms with Crippen LogP contribution in [0.25, 0.3) is 0 Å². The van der Waals surface area contributed by atoms with Gasteiger partial charge in [0.15, 0.2) is 5.41 Å². The van der Waals surface area contributed by atoms with Gasteiger partial charge in [-0.3, -0.25) is 9.59 Å².